The molecule has 0 saturated carbocycles. The molecule has 0 unspecified atom stereocenters. The topological polar surface area (TPSA) is 57.2 Å². The standard InChI is InChI=1S/C20H20N2O2/c1-14-17(20(21)23)12-18(16-10-6-7-11-19(16)24-2)22(14)13-15-8-4-3-5-9-15/h3-12H,13H2,1-2H3,(H2,21,23). The van der Waals surface area contributed by atoms with Crippen molar-refractivity contribution < 1.29 is 9.53 Å². The summed E-state index contributed by atoms with van der Waals surface area (Å²) in [7, 11) is 1.64. The Labute approximate surface area is 141 Å². The van der Waals surface area contributed by atoms with E-state index in [1.165, 1.54) is 0 Å². The molecule has 0 aliphatic heterocycles. The number of nitrogens with zero attached hydrogens (tertiary/aromatic N) is 1. The van der Waals surface area contributed by atoms with Gasteiger partial charge in [-0.25, -0.2) is 0 Å². The van der Waals surface area contributed by atoms with E-state index in [0.717, 1.165) is 28.3 Å². The Morgan fingerprint density at radius 1 is 1.08 bits per heavy atom. The van der Waals surface area contributed by atoms with Gasteiger partial charge in [0.1, 0.15) is 5.75 Å². The maximum atomic E-state index is 11.8. The van der Waals surface area contributed by atoms with E-state index < -0.39 is 5.91 Å². The third kappa shape index (κ3) is 2.91. The summed E-state index contributed by atoms with van der Waals surface area (Å²) in [6.07, 6.45) is 0. The lowest BCUT2D eigenvalue weighted by Gasteiger charge is -2.14. The number of carbonyl (C=O) groups is 1. The summed E-state index contributed by atoms with van der Waals surface area (Å²) in [4.78, 5) is 11.8. The number of para-hydroxylation sites is 1. The van der Waals surface area contributed by atoms with E-state index in [4.69, 9.17) is 10.5 Å². The maximum absolute atomic E-state index is 11.8. The quantitative estimate of drug-likeness (QED) is 0.780. The van der Waals surface area contributed by atoms with E-state index in [9.17, 15) is 4.79 Å². The van der Waals surface area contributed by atoms with Gasteiger partial charge in [-0.05, 0) is 30.7 Å². The highest BCUT2D eigenvalue weighted by Crippen LogP contribution is 2.33. The normalized spacial score (nSPS) is 10.6. The number of primary amides is 1. The Morgan fingerprint density at radius 2 is 1.75 bits per heavy atom. The molecular weight excluding hydrogens is 300 g/mol. The summed E-state index contributed by atoms with van der Waals surface area (Å²) in [6.45, 7) is 2.58. The number of hydrogen-bond acceptors (Lipinski definition) is 2. The molecule has 0 aliphatic rings. The van der Waals surface area contributed by atoms with Crippen LogP contribution >= 0.6 is 0 Å². The molecule has 0 bridgehead atoms. The molecule has 24 heavy (non-hydrogen) atoms. The molecule has 122 valence electrons. The Hall–Kier alpha value is -3.01. The van der Waals surface area contributed by atoms with Crippen LogP contribution in [0.3, 0.4) is 0 Å². The van der Waals surface area contributed by atoms with E-state index in [-0.39, 0.29) is 0 Å². The van der Waals surface area contributed by atoms with E-state index in [2.05, 4.69) is 16.7 Å². The van der Waals surface area contributed by atoms with Crippen LogP contribution in [0.4, 0.5) is 0 Å². The van der Waals surface area contributed by atoms with Crippen LogP contribution in [0.1, 0.15) is 21.6 Å². The van der Waals surface area contributed by atoms with Crippen LogP contribution < -0.4 is 10.5 Å². The number of rotatable bonds is 5. The van der Waals surface area contributed by atoms with E-state index in [1.807, 2.05) is 55.5 Å². The van der Waals surface area contributed by atoms with Crippen LogP contribution in [0.5, 0.6) is 5.75 Å². The molecule has 2 aromatic carbocycles. The van der Waals surface area contributed by atoms with Crippen LogP contribution in [0.2, 0.25) is 0 Å². The van der Waals surface area contributed by atoms with Gasteiger partial charge in [-0.2, -0.15) is 0 Å². The molecule has 0 aliphatic carbocycles. The summed E-state index contributed by atoms with van der Waals surface area (Å²) in [5.74, 6) is 0.343. The van der Waals surface area contributed by atoms with E-state index >= 15 is 0 Å². The molecule has 1 heterocycles. The minimum atomic E-state index is -0.421. The summed E-state index contributed by atoms with van der Waals surface area (Å²) in [6, 6.07) is 19.8. The summed E-state index contributed by atoms with van der Waals surface area (Å²) in [5, 5.41) is 0. The van der Waals surface area contributed by atoms with Crippen molar-refractivity contribution in [3.63, 3.8) is 0 Å². The highest BCUT2D eigenvalue weighted by molar-refractivity contribution is 5.96. The number of methoxy groups -OCH3 is 1. The monoisotopic (exact) mass is 320 g/mol. The average molecular weight is 320 g/mol. The molecular formula is C20H20N2O2. The number of ether oxygens (including phenoxy) is 1. The van der Waals surface area contributed by atoms with Crippen molar-refractivity contribution in [1.29, 1.82) is 0 Å². The van der Waals surface area contributed by atoms with Gasteiger partial charge in [0.15, 0.2) is 0 Å². The van der Waals surface area contributed by atoms with Gasteiger partial charge >= 0.3 is 0 Å². The number of carbonyl (C=O) groups excluding carboxylic acids is 1. The molecule has 1 amide bonds. The second-order valence-corrected chi connectivity index (χ2v) is 5.66. The number of hydrogen-bond donors (Lipinski definition) is 1. The number of benzene rings is 2. The summed E-state index contributed by atoms with van der Waals surface area (Å²) >= 11 is 0. The summed E-state index contributed by atoms with van der Waals surface area (Å²) in [5.41, 5.74) is 9.95. The van der Waals surface area contributed by atoms with Crippen LogP contribution in [0, 0.1) is 6.92 Å². The molecule has 4 heteroatoms. The Morgan fingerprint density at radius 3 is 2.42 bits per heavy atom. The third-order valence-electron chi connectivity index (χ3n) is 4.20. The molecule has 0 saturated heterocycles. The van der Waals surface area contributed by atoms with Crippen LogP contribution in [-0.4, -0.2) is 17.6 Å². The second-order valence-electron chi connectivity index (χ2n) is 5.66. The molecule has 0 spiro atoms. The van der Waals surface area contributed by atoms with Crippen LogP contribution in [-0.2, 0) is 6.54 Å². The minimum absolute atomic E-state index is 0.421. The van der Waals surface area contributed by atoms with E-state index in [0.29, 0.717) is 12.1 Å². The Kier molecular flexibility index (Phi) is 4.38. The van der Waals surface area contributed by atoms with Gasteiger partial charge in [0.2, 0.25) is 0 Å². The zero-order valence-electron chi connectivity index (χ0n) is 13.8. The van der Waals surface area contributed by atoms with Crippen molar-refractivity contribution in [2.45, 2.75) is 13.5 Å². The third-order valence-corrected chi connectivity index (χ3v) is 4.20. The van der Waals surface area contributed by atoms with Gasteiger partial charge in [0.25, 0.3) is 5.91 Å². The highest BCUT2D eigenvalue weighted by Gasteiger charge is 2.19. The van der Waals surface area contributed by atoms with Gasteiger partial charge < -0.3 is 15.0 Å². The van der Waals surface area contributed by atoms with Crippen molar-refractivity contribution in [3.8, 4) is 17.0 Å². The first-order chi connectivity index (χ1) is 11.6. The molecule has 0 atom stereocenters. The number of amides is 1. The van der Waals surface area contributed by atoms with Crippen molar-refractivity contribution in [2.75, 3.05) is 7.11 Å². The van der Waals surface area contributed by atoms with Crippen LogP contribution in [0.15, 0.2) is 60.7 Å². The first kappa shape index (κ1) is 15.9. The van der Waals surface area contributed by atoms with Gasteiger partial charge in [0.05, 0.1) is 18.4 Å². The molecule has 4 nitrogen and oxygen atoms in total. The molecule has 2 N–H and O–H groups in total. The van der Waals surface area contributed by atoms with E-state index in [1.54, 1.807) is 7.11 Å². The predicted octanol–water partition coefficient (Wildman–Crippen LogP) is 3.62. The fourth-order valence-corrected chi connectivity index (χ4v) is 2.94. The Bertz CT molecular complexity index is 867. The highest BCUT2D eigenvalue weighted by atomic mass is 16.5. The van der Waals surface area contributed by atoms with Crippen LogP contribution in [0.25, 0.3) is 11.3 Å². The first-order valence-electron chi connectivity index (χ1n) is 7.79. The van der Waals surface area contributed by atoms with Crippen molar-refractivity contribution in [1.82, 2.24) is 4.57 Å². The summed E-state index contributed by atoms with van der Waals surface area (Å²) < 4.78 is 7.59. The lowest BCUT2D eigenvalue weighted by Crippen LogP contribution is -2.12. The smallest absolute Gasteiger partial charge is 0.250 e. The largest absolute Gasteiger partial charge is 0.496 e. The Balaban J connectivity index is 2.17. The van der Waals surface area contributed by atoms with Crippen molar-refractivity contribution >= 4 is 5.91 Å². The SMILES string of the molecule is COc1ccccc1-c1cc(C(N)=O)c(C)n1Cc1ccccc1. The zero-order valence-corrected chi connectivity index (χ0v) is 13.8. The molecule has 3 aromatic rings. The average Bonchev–Trinajstić information content (AvgIpc) is 2.93. The molecule has 0 fully saturated rings. The van der Waals surface area contributed by atoms with Crippen molar-refractivity contribution in [2.24, 2.45) is 5.73 Å². The number of nitrogens with two attached hydrogens (primary N) is 1. The second kappa shape index (κ2) is 6.62. The maximum Gasteiger partial charge on any atom is 0.250 e. The minimum Gasteiger partial charge on any atom is -0.496 e. The van der Waals surface area contributed by atoms with Gasteiger partial charge in [-0.3, -0.25) is 4.79 Å². The zero-order chi connectivity index (χ0) is 17.1. The lowest BCUT2D eigenvalue weighted by molar-refractivity contribution is 0.0999. The first-order valence-corrected chi connectivity index (χ1v) is 7.79. The van der Waals surface area contributed by atoms with Gasteiger partial charge in [-0.1, -0.05) is 42.5 Å². The van der Waals surface area contributed by atoms with Gasteiger partial charge in [-0.15, -0.1) is 0 Å². The fraction of sp³-hybridized carbons (Fsp3) is 0.150. The predicted molar refractivity (Wildman–Crippen MR) is 95.2 cm³/mol. The van der Waals surface area contributed by atoms with Crippen molar-refractivity contribution in [3.05, 3.63) is 77.5 Å². The molecule has 1 aromatic heterocycles. The molecule has 0 radical (unpaired) electrons. The fourth-order valence-electron chi connectivity index (χ4n) is 2.94. The molecule has 3 rings (SSSR count). The van der Waals surface area contributed by atoms with Gasteiger partial charge in [0, 0.05) is 17.8 Å². The number of aromatic nitrogens is 1. The lowest BCUT2D eigenvalue weighted by atomic mass is 10.1.